The minimum atomic E-state index is -0.166. The molecule has 0 aliphatic carbocycles. The highest BCUT2D eigenvalue weighted by atomic mass is 32.2. The fraction of sp³-hybridized carbons (Fsp3) is 0.227. The summed E-state index contributed by atoms with van der Waals surface area (Å²) in [5.41, 5.74) is 3.16. The van der Waals surface area contributed by atoms with Crippen LogP contribution in [0.1, 0.15) is 22.4 Å². The number of aryl methyl sites for hydroxylation is 1. The number of nitrogens with one attached hydrogen (secondary N) is 2. The lowest BCUT2D eigenvalue weighted by molar-refractivity contribution is -0.118. The molecule has 0 atom stereocenters. The Balaban J connectivity index is 1.56. The Kier molecular flexibility index (Phi) is 7.08. The highest BCUT2D eigenvalue weighted by molar-refractivity contribution is 7.99. The van der Waals surface area contributed by atoms with E-state index in [0.29, 0.717) is 29.4 Å². The van der Waals surface area contributed by atoms with Gasteiger partial charge in [0, 0.05) is 24.2 Å². The number of H-pyrrole nitrogens is 1. The number of carbonyl (C=O) groups excluding carboxylic acids is 1. The molecule has 0 spiro atoms. The first-order chi connectivity index (χ1) is 14.0. The lowest BCUT2D eigenvalue weighted by Crippen LogP contribution is -2.25. The van der Waals surface area contributed by atoms with Gasteiger partial charge in [0.05, 0.1) is 12.9 Å². The molecule has 2 N–H and O–H groups in total. The van der Waals surface area contributed by atoms with Gasteiger partial charge in [-0.1, -0.05) is 54.2 Å². The molecule has 0 aliphatic rings. The van der Waals surface area contributed by atoms with Crippen molar-refractivity contribution in [2.75, 3.05) is 12.9 Å². The summed E-state index contributed by atoms with van der Waals surface area (Å²) in [6, 6.07) is 17.3. The first-order valence-corrected chi connectivity index (χ1v) is 10.2. The maximum Gasteiger partial charge on any atom is 0.255 e. The molecule has 0 bridgehead atoms. The molecule has 0 fully saturated rings. The SMILES string of the molecule is COc1cccc(CNC(=O)CSc2nc(C)c(Cc3ccccc3)c(=O)[nH]2)c1. The van der Waals surface area contributed by atoms with Gasteiger partial charge in [0.1, 0.15) is 5.75 Å². The van der Waals surface area contributed by atoms with Crippen molar-refractivity contribution >= 4 is 17.7 Å². The van der Waals surface area contributed by atoms with E-state index < -0.39 is 0 Å². The van der Waals surface area contributed by atoms with Crippen molar-refractivity contribution in [3.05, 3.63) is 87.3 Å². The number of thioether (sulfide) groups is 1. The first-order valence-electron chi connectivity index (χ1n) is 9.21. The van der Waals surface area contributed by atoms with E-state index in [4.69, 9.17) is 4.74 Å². The van der Waals surface area contributed by atoms with Gasteiger partial charge in [-0.2, -0.15) is 0 Å². The van der Waals surface area contributed by atoms with Crippen LogP contribution in [-0.4, -0.2) is 28.7 Å². The number of ether oxygens (including phenoxy) is 1. The molecule has 3 rings (SSSR count). The average molecular weight is 410 g/mol. The van der Waals surface area contributed by atoms with Crippen molar-refractivity contribution in [1.82, 2.24) is 15.3 Å². The van der Waals surface area contributed by atoms with Crippen molar-refractivity contribution in [3.8, 4) is 5.75 Å². The van der Waals surface area contributed by atoms with E-state index in [-0.39, 0.29) is 17.2 Å². The number of benzene rings is 2. The molecule has 0 saturated carbocycles. The summed E-state index contributed by atoms with van der Waals surface area (Å²) in [6.45, 7) is 2.23. The van der Waals surface area contributed by atoms with E-state index in [1.54, 1.807) is 7.11 Å². The van der Waals surface area contributed by atoms with Crippen LogP contribution in [0.25, 0.3) is 0 Å². The van der Waals surface area contributed by atoms with Gasteiger partial charge in [-0.05, 0) is 30.2 Å². The van der Waals surface area contributed by atoms with E-state index in [0.717, 1.165) is 16.9 Å². The third-order valence-corrected chi connectivity index (χ3v) is 5.26. The molecule has 1 amide bonds. The van der Waals surface area contributed by atoms with E-state index in [1.807, 2.05) is 61.5 Å². The number of methoxy groups -OCH3 is 1. The number of carbonyl (C=O) groups is 1. The van der Waals surface area contributed by atoms with Crippen molar-refractivity contribution in [2.45, 2.75) is 25.0 Å². The predicted molar refractivity (Wildman–Crippen MR) is 114 cm³/mol. The summed E-state index contributed by atoms with van der Waals surface area (Å²) in [5, 5.41) is 3.30. The Bertz CT molecular complexity index is 1030. The van der Waals surface area contributed by atoms with Crippen LogP contribution in [0.15, 0.2) is 64.5 Å². The minimum Gasteiger partial charge on any atom is -0.497 e. The highest BCUT2D eigenvalue weighted by Crippen LogP contribution is 2.15. The second kappa shape index (κ2) is 9.93. The van der Waals surface area contributed by atoms with Crippen LogP contribution in [0.5, 0.6) is 5.75 Å². The number of hydrogen-bond donors (Lipinski definition) is 2. The molecule has 1 aromatic heterocycles. The zero-order valence-electron chi connectivity index (χ0n) is 16.4. The Morgan fingerprint density at radius 3 is 2.62 bits per heavy atom. The van der Waals surface area contributed by atoms with Gasteiger partial charge in [0.2, 0.25) is 5.91 Å². The van der Waals surface area contributed by atoms with Crippen LogP contribution in [0.4, 0.5) is 0 Å². The summed E-state index contributed by atoms with van der Waals surface area (Å²) < 4.78 is 5.18. The van der Waals surface area contributed by atoms with Gasteiger partial charge in [0.15, 0.2) is 5.16 Å². The molecule has 1 heterocycles. The summed E-state index contributed by atoms with van der Waals surface area (Å²) in [5.74, 6) is 0.787. The normalized spacial score (nSPS) is 10.6. The fourth-order valence-corrected chi connectivity index (χ4v) is 3.57. The zero-order valence-corrected chi connectivity index (χ0v) is 17.2. The second-order valence-electron chi connectivity index (χ2n) is 6.51. The molecule has 150 valence electrons. The van der Waals surface area contributed by atoms with Crippen molar-refractivity contribution in [3.63, 3.8) is 0 Å². The Morgan fingerprint density at radius 1 is 1.14 bits per heavy atom. The molecule has 2 aromatic carbocycles. The summed E-state index contributed by atoms with van der Waals surface area (Å²) in [4.78, 5) is 31.8. The predicted octanol–water partition coefficient (Wildman–Crippen LogP) is 3.09. The third-order valence-electron chi connectivity index (χ3n) is 4.39. The summed E-state index contributed by atoms with van der Waals surface area (Å²) in [7, 11) is 1.61. The first kappa shape index (κ1) is 20.7. The van der Waals surface area contributed by atoms with Crippen LogP contribution in [-0.2, 0) is 17.8 Å². The molecular formula is C22H23N3O3S. The Hall–Kier alpha value is -3.06. The van der Waals surface area contributed by atoms with Crippen molar-refractivity contribution < 1.29 is 9.53 Å². The van der Waals surface area contributed by atoms with E-state index in [1.165, 1.54) is 11.8 Å². The quantitative estimate of drug-likeness (QED) is 0.441. The van der Waals surface area contributed by atoms with Gasteiger partial charge >= 0.3 is 0 Å². The number of amides is 1. The Labute approximate surface area is 173 Å². The topological polar surface area (TPSA) is 84.1 Å². The number of hydrogen-bond acceptors (Lipinski definition) is 5. The lowest BCUT2D eigenvalue weighted by atomic mass is 10.1. The lowest BCUT2D eigenvalue weighted by Gasteiger charge is -2.08. The van der Waals surface area contributed by atoms with Crippen molar-refractivity contribution in [2.24, 2.45) is 0 Å². The minimum absolute atomic E-state index is 0.133. The maximum absolute atomic E-state index is 12.5. The Morgan fingerprint density at radius 2 is 1.90 bits per heavy atom. The van der Waals surface area contributed by atoms with Crippen LogP contribution >= 0.6 is 11.8 Å². The number of nitrogens with zero attached hydrogens (tertiary/aromatic N) is 1. The highest BCUT2D eigenvalue weighted by Gasteiger charge is 2.11. The molecule has 6 nitrogen and oxygen atoms in total. The number of aromatic amines is 1. The number of aromatic nitrogens is 2. The number of rotatable bonds is 8. The van der Waals surface area contributed by atoms with Crippen molar-refractivity contribution in [1.29, 1.82) is 0 Å². The van der Waals surface area contributed by atoms with Gasteiger partial charge in [0.25, 0.3) is 5.56 Å². The van der Waals surface area contributed by atoms with Crippen LogP contribution in [0, 0.1) is 6.92 Å². The van der Waals surface area contributed by atoms with Crippen LogP contribution in [0.3, 0.4) is 0 Å². The average Bonchev–Trinajstić information content (AvgIpc) is 2.74. The summed E-state index contributed by atoms with van der Waals surface area (Å²) >= 11 is 1.21. The van der Waals surface area contributed by atoms with Gasteiger partial charge < -0.3 is 15.0 Å². The summed E-state index contributed by atoms with van der Waals surface area (Å²) in [6.07, 6.45) is 0.529. The monoisotopic (exact) mass is 409 g/mol. The van der Waals surface area contributed by atoms with E-state index in [9.17, 15) is 9.59 Å². The van der Waals surface area contributed by atoms with Crippen LogP contribution in [0.2, 0.25) is 0 Å². The van der Waals surface area contributed by atoms with Gasteiger partial charge in [-0.25, -0.2) is 4.98 Å². The maximum atomic E-state index is 12.5. The largest absolute Gasteiger partial charge is 0.497 e. The van der Waals surface area contributed by atoms with Crippen LogP contribution < -0.4 is 15.6 Å². The molecule has 0 unspecified atom stereocenters. The third kappa shape index (κ3) is 5.96. The van der Waals surface area contributed by atoms with E-state index >= 15 is 0 Å². The molecule has 0 aliphatic heterocycles. The van der Waals surface area contributed by atoms with Gasteiger partial charge in [-0.15, -0.1) is 0 Å². The smallest absolute Gasteiger partial charge is 0.255 e. The molecular weight excluding hydrogens is 386 g/mol. The second-order valence-corrected chi connectivity index (χ2v) is 7.48. The molecule has 7 heteroatoms. The molecule has 0 saturated heterocycles. The van der Waals surface area contributed by atoms with E-state index in [2.05, 4.69) is 15.3 Å². The molecule has 29 heavy (non-hydrogen) atoms. The standard InChI is InChI=1S/C22H23N3O3S/c1-15-19(12-16-7-4-3-5-8-16)21(27)25-22(24-15)29-14-20(26)23-13-17-9-6-10-18(11-17)28-2/h3-11H,12-14H2,1-2H3,(H,23,26)(H,24,25,27). The molecule has 0 radical (unpaired) electrons. The molecule has 3 aromatic rings. The van der Waals surface area contributed by atoms with Gasteiger partial charge in [-0.3, -0.25) is 9.59 Å². The fourth-order valence-electron chi connectivity index (χ4n) is 2.83. The zero-order chi connectivity index (χ0) is 20.6.